The fourth-order valence-electron chi connectivity index (χ4n) is 1.49. The number of nitrogens with one attached hydrogen (secondary N) is 1. The smallest absolute Gasteiger partial charge is 0.254 e. The van der Waals surface area contributed by atoms with Gasteiger partial charge in [-0.2, -0.15) is 0 Å². The van der Waals surface area contributed by atoms with Gasteiger partial charge in [0.05, 0.1) is 11.2 Å². The summed E-state index contributed by atoms with van der Waals surface area (Å²) in [7, 11) is 0. The summed E-state index contributed by atoms with van der Waals surface area (Å²) in [6.07, 6.45) is 1.09. The molecule has 1 aromatic carbocycles. The number of aliphatic hydroxyl groups is 1. The third kappa shape index (κ3) is 3.53. The minimum atomic E-state index is -0.916. The molecule has 94 valence electrons. The van der Waals surface area contributed by atoms with Gasteiger partial charge in [0.25, 0.3) is 5.91 Å². The maximum absolute atomic E-state index is 13.3. The first-order valence-electron chi connectivity index (χ1n) is 5.77. The lowest BCUT2D eigenvalue weighted by atomic mass is 9.97. The van der Waals surface area contributed by atoms with E-state index in [9.17, 15) is 14.3 Å². The molecule has 0 aromatic heterocycles. The average Bonchev–Trinajstić information content (AvgIpc) is 2.36. The predicted molar refractivity (Wildman–Crippen MR) is 64.3 cm³/mol. The van der Waals surface area contributed by atoms with Crippen LogP contribution in [-0.2, 0) is 0 Å². The number of benzene rings is 1. The number of amides is 1. The summed E-state index contributed by atoms with van der Waals surface area (Å²) in [6, 6.07) is 5.78. The van der Waals surface area contributed by atoms with Gasteiger partial charge >= 0.3 is 0 Å². The molecule has 0 fully saturated rings. The van der Waals surface area contributed by atoms with E-state index in [-0.39, 0.29) is 12.1 Å². The van der Waals surface area contributed by atoms with Crippen molar-refractivity contribution in [3.63, 3.8) is 0 Å². The Morgan fingerprint density at radius 2 is 1.94 bits per heavy atom. The van der Waals surface area contributed by atoms with Gasteiger partial charge in [0.15, 0.2) is 0 Å². The maximum atomic E-state index is 13.3. The molecule has 0 heterocycles. The zero-order valence-corrected chi connectivity index (χ0v) is 10.2. The van der Waals surface area contributed by atoms with Crippen LogP contribution in [0.15, 0.2) is 24.3 Å². The van der Waals surface area contributed by atoms with Crippen LogP contribution < -0.4 is 5.32 Å². The van der Waals surface area contributed by atoms with E-state index in [0.29, 0.717) is 12.8 Å². The van der Waals surface area contributed by atoms with Gasteiger partial charge in [-0.05, 0) is 25.0 Å². The molecule has 0 bridgehead atoms. The highest BCUT2D eigenvalue weighted by atomic mass is 19.1. The molecular weight excluding hydrogens is 221 g/mol. The van der Waals surface area contributed by atoms with E-state index >= 15 is 0 Å². The van der Waals surface area contributed by atoms with Crippen molar-refractivity contribution in [3.8, 4) is 0 Å². The highest BCUT2D eigenvalue weighted by Gasteiger charge is 2.23. The van der Waals surface area contributed by atoms with Crippen LogP contribution in [0.4, 0.5) is 4.39 Å². The van der Waals surface area contributed by atoms with Gasteiger partial charge < -0.3 is 10.4 Å². The molecule has 2 N–H and O–H groups in total. The van der Waals surface area contributed by atoms with Crippen molar-refractivity contribution in [2.45, 2.75) is 32.3 Å². The number of rotatable bonds is 5. The van der Waals surface area contributed by atoms with E-state index in [0.717, 1.165) is 0 Å². The van der Waals surface area contributed by atoms with Crippen LogP contribution >= 0.6 is 0 Å². The predicted octanol–water partition coefficient (Wildman–Crippen LogP) is 2.11. The number of halogens is 1. The Hall–Kier alpha value is -1.42. The van der Waals surface area contributed by atoms with E-state index in [1.165, 1.54) is 18.2 Å². The zero-order valence-electron chi connectivity index (χ0n) is 10.2. The third-order valence-corrected chi connectivity index (χ3v) is 3.01. The Bertz CT molecular complexity index is 389. The molecule has 0 radical (unpaired) electrons. The molecule has 17 heavy (non-hydrogen) atoms. The van der Waals surface area contributed by atoms with Gasteiger partial charge in [0.2, 0.25) is 0 Å². The van der Waals surface area contributed by atoms with Crippen LogP contribution in [0.3, 0.4) is 0 Å². The fourth-order valence-corrected chi connectivity index (χ4v) is 1.49. The normalized spacial score (nSPS) is 11.3. The second-order valence-electron chi connectivity index (χ2n) is 4.09. The summed E-state index contributed by atoms with van der Waals surface area (Å²) in [6.45, 7) is 3.82. The number of hydrogen-bond acceptors (Lipinski definition) is 2. The third-order valence-electron chi connectivity index (χ3n) is 3.01. The molecule has 0 unspecified atom stereocenters. The Balaban J connectivity index is 2.65. The number of carbonyl (C=O) groups excluding carboxylic acids is 1. The Kier molecular flexibility index (Phi) is 4.63. The molecule has 0 atom stereocenters. The first-order valence-corrected chi connectivity index (χ1v) is 5.77. The summed E-state index contributed by atoms with van der Waals surface area (Å²) < 4.78 is 13.3. The highest BCUT2D eigenvalue weighted by Crippen LogP contribution is 2.13. The lowest BCUT2D eigenvalue weighted by Crippen LogP contribution is -2.42. The number of hydrogen-bond donors (Lipinski definition) is 2. The SMILES string of the molecule is CCC(O)(CC)CNC(=O)c1ccccc1F. The van der Waals surface area contributed by atoms with Gasteiger partial charge in [0.1, 0.15) is 5.82 Å². The standard InChI is InChI=1S/C13H18FNO2/c1-3-13(17,4-2)9-15-12(16)10-7-5-6-8-11(10)14/h5-8,17H,3-4,9H2,1-2H3,(H,15,16). The maximum Gasteiger partial charge on any atom is 0.254 e. The van der Waals surface area contributed by atoms with Gasteiger partial charge in [-0.25, -0.2) is 4.39 Å². The van der Waals surface area contributed by atoms with Gasteiger partial charge in [-0.1, -0.05) is 26.0 Å². The molecule has 0 aliphatic rings. The fraction of sp³-hybridized carbons (Fsp3) is 0.462. The van der Waals surface area contributed by atoms with E-state index in [1.807, 2.05) is 13.8 Å². The van der Waals surface area contributed by atoms with Gasteiger partial charge in [-0.3, -0.25) is 4.79 Å². The van der Waals surface area contributed by atoms with Gasteiger partial charge in [-0.15, -0.1) is 0 Å². The first kappa shape index (κ1) is 13.6. The molecule has 0 saturated heterocycles. The monoisotopic (exact) mass is 239 g/mol. The Labute approximate surface area is 101 Å². The molecule has 3 nitrogen and oxygen atoms in total. The Morgan fingerprint density at radius 1 is 1.35 bits per heavy atom. The van der Waals surface area contributed by atoms with Crippen LogP contribution in [0, 0.1) is 5.82 Å². The van der Waals surface area contributed by atoms with E-state index in [1.54, 1.807) is 6.07 Å². The van der Waals surface area contributed by atoms with Crippen molar-refractivity contribution < 1.29 is 14.3 Å². The van der Waals surface area contributed by atoms with Crippen molar-refractivity contribution in [2.75, 3.05) is 6.54 Å². The largest absolute Gasteiger partial charge is 0.388 e. The highest BCUT2D eigenvalue weighted by molar-refractivity contribution is 5.94. The second-order valence-corrected chi connectivity index (χ2v) is 4.09. The van der Waals surface area contributed by atoms with E-state index < -0.39 is 17.3 Å². The van der Waals surface area contributed by atoms with Crippen molar-refractivity contribution in [2.24, 2.45) is 0 Å². The molecule has 1 aromatic rings. The molecular formula is C13H18FNO2. The van der Waals surface area contributed by atoms with Gasteiger partial charge in [0, 0.05) is 6.54 Å². The van der Waals surface area contributed by atoms with E-state index in [4.69, 9.17) is 0 Å². The molecule has 1 rings (SSSR count). The molecule has 0 aliphatic heterocycles. The van der Waals surface area contributed by atoms with Crippen LogP contribution in [-0.4, -0.2) is 23.2 Å². The van der Waals surface area contributed by atoms with Crippen LogP contribution in [0.1, 0.15) is 37.0 Å². The van der Waals surface area contributed by atoms with Crippen LogP contribution in [0.5, 0.6) is 0 Å². The minimum Gasteiger partial charge on any atom is -0.388 e. The summed E-state index contributed by atoms with van der Waals surface area (Å²) in [5, 5.41) is 12.5. The Morgan fingerprint density at radius 3 is 2.47 bits per heavy atom. The molecule has 4 heteroatoms. The first-order chi connectivity index (χ1) is 8.02. The van der Waals surface area contributed by atoms with Crippen molar-refractivity contribution in [1.29, 1.82) is 0 Å². The average molecular weight is 239 g/mol. The molecule has 0 aliphatic carbocycles. The van der Waals surface area contributed by atoms with Crippen molar-refractivity contribution in [1.82, 2.24) is 5.32 Å². The topological polar surface area (TPSA) is 49.3 Å². The van der Waals surface area contributed by atoms with Crippen LogP contribution in [0.2, 0.25) is 0 Å². The van der Waals surface area contributed by atoms with E-state index in [2.05, 4.69) is 5.32 Å². The zero-order chi connectivity index (χ0) is 12.9. The molecule has 1 amide bonds. The lowest BCUT2D eigenvalue weighted by molar-refractivity contribution is 0.0313. The quantitative estimate of drug-likeness (QED) is 0.826. The molecule has 0 spiro atoms. The summed E-state index contributed by atoms with van der Waals surface area (Å²) >= 11 is 0. The van der Waals surface area contributed by atoms with Crippen molar-refractivity contribution in [3.05, 3.63) is 35.6 Å². The lowest BCUT2D eigenvalue weighted by Gasteiger charge is -2.25. The molecule has 0 saturated carbocycles. The summed E-state index contributed by atoms with van der Waals surface area (Å²) in [5.41, 5.74) is -0.914. The number of carbonyl (C=O) groups is 1. The summed E-state index contributed by atoms with van der Waals surface area (Å²) in [4.78, 5) is 11.7. The summed E-state index contributed by atoms with van der Waals surface area (Å²) in [5.74, 6) is -1.05. The van der Waals surface area contributed by atoms with Crippen LogP contribution in [0.25, 0.3) is 0 Å². The van der Waals surface area contributed by atoms with Crippen molar-refractivity contribution >= 4 is 5.91 Å². The minimum absolute atomic E-state index is 0.00190. The second kappa shape index (κ2) is 5.77.